The minimum atomic E-state index is -0.894. The largest absolute Gasteiger partial charge is 0.464 e. The van der Waals surface area contributed by atoms with E-state index in [9.17, 15) is 9.18 Å². The van der Waals surface area contributed by atoms with Crippen LogP contribution < -0.4 is 10.6 Å². The van der Waals surface area contributed by atoms with Crippen molar-refractivity contribution >= 4 is 5.97 Å². The fourth-order valence-electron chi connectivity index (χ4n) is 3.15. The van der Waals surface area contributed by atoms with Gasteiger partial charge >= 0.3 is 5.97 Å². The summed E-state index contributed by atoms with van der Waals surface area (Å²) in [6.45, 7) is 5.28. The Morgan fingerprint density at radius 2 is 2.04 bits per heavy atom. The molecule has 0 bridgehead atoms. The molecule has 4 nitrogen and oxygen atoms in total. The van der Waals surface area contributed by atoms with Crippen LogP contribution in [0, 0.1) is 0 Å². The van der Waals surface area contributed by atoms with Crippen molar-refractivity contribution in [3.63, 3.8) is 0 Å². The molecule has 0 aromatic carbocycles. The lowest BCUT2D eigenvalue weighted by molar-refractivity contribution is -0.137. The van der Waals surface area contributed by atoms with Crippen LogP contribution in [-0.4, -0.2) is 25.2 Å². The second-order valence-corrected chi connectivity index (χ2v) is 6.82. The van der Waals surface area contributed by atoms with E-state index in [2.05, 4.69) is 47.4 Å². The molecule has 0 spiro atoms. The minimum absolute atomic E-state index is 0.166. The summed E-state index contributed by atoms with van der Waals surface area (Å²) in [4.78, 5) is 10.9. The van der Waals surface area contributed by atoms with Gasteiger partial charge in [-0.15, -0.1) is 0 Å². The van der Waals surface area contributed by atoms with Gasteiger partial charge in [0, 0.05) is 12.1 Å². The summed E-state index contributed by atoms with van der Waals surface area (Å²) in [5.41, 5.74) is 0.166. The summed E-state index contributed by atoms with van der Waals surface area (Å²) in [6, 6.07) is 0. The van der Waals surface area contributed by atoms with E-state index in [0.29, 0.717) is 6.42 Å². The first-order chi connectivity index (χ1) is 12.6. The van der Waals surface area contributed by atoms with Gasteiger partial charge in [-0.3, -0.25) is 0 Å². The van der Waals surface area contributed by atoms with Crippen molar-refractivity contribution in [2.75, 3.05) is 13.7 Å². The van der Waals surface area contributed by atoms with Crippen LogP contribution in [0.1, 0.15) is 71.6 Å². The first-order valence-corrected chi connectivity index (χ1v) is 9.88. The second-order valence-electron chi connectivity index (χ2n) is 6.82. The van der Waals surface area contributed by atoms with Crippen LogP contribution >= 0.6 is 0 Å². The molecule has 0 saturated heterocycles. The number of rotatable bonds is 12. The average Bonchev–Trinajstić information content (AvgIpc) is 2.67. The zero-order chi connectivity index (χ0) is 19.3. The highest BCUT2D eigenvalue weighted by Gasteiger charge is 2.28. The van der Waals surface area contributed by atoms with Crippen LogP contribution in [0.2, 0.25) is 0 Å². The molecule has 0 radical (unpaired) electrons. The molecule has 0 fully saturated rings. The first-order valence-electron chi connectivity index (χ1n) is 9.88. The van der Waals surface area contributed by atoms with Crippen molar-refractivity contribution in [1.29, 1.82) is 0 Å². The van der Waals surface area contributed by atoms with Gasteiger partial charge in [-0.1, -0.05) is 32.4 Å². The number of halogens is 1. The molecule has 2 N–H and O–H groups in total. The van der Waals surface area contributed by atoms with Crippen molar-refractivity contribution in [2.24, 2.45) is 0 Å². The lowest BCUT2D eigenvalue weighted by atomic mass is 9.83. The number of nitrogens with one attached hydrogen (secondary N) is 2. The molecule has 5 heteroatoms. The van der Waals surface area contributed by atoms with E-state index in [1.54, 1.807) is 0 Å². The second kappa shape index (κ2) is 12.6. The Kier molecular flexibility index (Phi) is 10.7. The number of carbonyl (C=O) groups is 1. The van der Waals surface area contributed by atoms with Gasteiger partial charge in [0.25, 0.3) is 0 Å². The molecule has 148 valence electrons. The van der Waals surface area contributed by atoms with Crippen molar-refractivity contribution < 1.29 is 13.9 Å². The predicted molar refractivity (Wildman–Crippen MR) is 105 cm³/mol. The van der Waals surface area contributed by atoms with Crippen molar-refractivity contribution in [3.8, 4) is 0 Å². The van der Waals surface area contributed by atoms with Crippen LogP contribution in [-0.2, 0) is 9.53 Å². The van der Waals surface area contributed by atoms with E-state index >= 15 is 0 Å². The Hall–Kier alpha value is -1.78. The van der Waals surface area contributed by atoms with E-state index in [1.807, 2.05) is 0 Å². The molecule has 1 aliphatic carbocycles. The van der Waals surface area contributed by atoms with Crippen molar-refractivity contribution in [3.05, 3.63) is 36.0 Å². The van der Waals surface area contributed by atoms with E-state index < -0.39 is 11.8 Å². The molecule has 1 rings (SSSR count). The number of esters is 1. The molecular weight excluding hydrogens is 331 g/mol. The van der Waals surface area contributed by atoms with E-state index in [4.69, 9.17) is 0 Å². The molecule has 1 unspecified atom stereocenters. The van der Waals surface area contributed by atoms with Crippen LogP contribution in [0.15, 0.2) is 36.0 Å². The molecule has 0 aliphatic heterocycles. The van der Waals surface area contributed by atoms with Crippen LogP contribution in [0.3, 0.4) is 0 Å². The minimum Gasteiger partial charge on any atom is -0.464 e. The predicted octanol–water partition coefficient (Wildman–Crippen LogP) is 4.89. The lowest BCUT2D eigenvalue weighted by Gasteiger charge is -2.37. The highest BCUT2D eigenvalue weighted by Crippen LogP contribution is 2.27. The number of ether oxygens (including phenoxy) is 1. The van der Waals surface area contributed by atoms with Crippen LogP contribution in [0.5, 0.6) is 0 Å². The number of carbonyl (C=O) groups excluding carboxylic acids is 1. The summed E-state index contributed by atoms with van der Waals surface area (Å²) in [5, 5.41) is 7.26. The normalized spacial score (nSPS) is 20.8. The smallest absolute Gasteiger partial charge is 0.366 e. The van der Waals surface area contributed by atoms with E-state index in [0.717, 1.165) is 57.3 Å². The number of hydrogen-bond donors (Lipinski definition) is 2. The molecule has 26 heavy (non-hydrogen) atoms. The monoisotopic (exact) mass is 366 g/mol. The van der Waals surface area contributed by atoms with Gasteiger partial charge in [0.15, 0.2) is 0 Å². The quantitative estimate of drug-likeness (QED) is 0.223. The Labute approximate surface area is 158 Å². The summed E-state index contributed by atoms with van der Waals surface area (Å²) < 4.78 is 17.5. The summed E-state index contributed by atoms with van der Waals surface area (Å²) in [6.07, 6.45) is 17.0. The van der Waals surface area contributed by atoms with Gasteiger partial charge in [0.05, 0.1) is 12.9 Å². The topological polar surface area (TPSA) is 50.4 Å². The van der Waals surface area contributed by atoms with Crippen LogP contribution in [0.25, 0.3) is 0 Å². The third-order valence-corrected chi connectivity index (χ3v) is 4.85. The zero-order valence-electron chi connectivity index (χ0n) is 16.6. The van der Waals surface area contributed by atoms with Gasteiger partial charge in [-0.05, 0) is 63.5 Å². The number of hydrogen-bond acceptors (Lipinski definition) is 4. The Morgan fingerprint density at radius 1 is 1.23 bits per heavy atom. The SMILES string of the molecule is CC/C=C(/NCCCCC/C=C(\F)C(=O)OC)NC1(CC)CC=CCC1. The van der Waals surface area contributed by atoms with E-state index in [1.165, 1.54) is 19.6 Å². The van der Waals surface area contributed by atoms with E-state index in [-0.39, 0.29) is 5.54 Å². The summed E-state index contributed by atoms with van der Waals surface area (Å²) in [7, 11) is 1.18. The third kappa shape index (κ3) is 8.07. The van der Waals surface area contributed by atoms with Gasteiger partial charge in [-0.2, -0.15) is 4.39 Å². The lowest BCUT2D eigenvalue weighted by Crippen LogP contribution is -2.47. The summed E-state index contributed by atoms with van der Waals surface area (Å²) in [5.74, 6) is -0.565. The molecule has 0 amide bonds. The molecule has 1 atom stereocenters. The maximum atomic E-state index is 13.2. The average molecular weight is 367 g/mol. The Bertz CT molecular complexity index is 514. The molecular formula is C21H35FN2O2. The number of methoxy groups -OCH3 is 1. The zero-order valence-corrected chi connectivity index (χ0v) is 16.6. The Balaban J connectivity index is 2.31. The van der Waals surface area contributed by atoms with Gasteiger partial charge in [-0.25, -0.2) is 4.79 Å². The van der Waals surface area contributed by atoms with Gasteiger partial charge in [0.1, 0.15) is 0 Å². The first kappa shape index (κ1) is 22.3. The van der Waals surface area contributed by atoms with Crippen molar-refractivity contribution in [1.82, 2.24) is 10.6 Å². The Morgan fingerprint density at radius 3 is 2.65 bits per heavy atom. The maximum absolute atomic E-state index is 13.2. The molecule has 0 aromatic heterocycles. The van der Waals surface area contributed by atoms with Gasteiger partial charge in [0.2, 0.25) is 5.83 Å². The third-order valence-electron chi connectivity index (χ3n) is 4.85. The molecule has 0 aromatic rings. The summed E-state index contributed by atoms with van der Waals surface area (Å²) >= 11 is 0. The molecule has 1 aliphatic rings. The fraction of sp³-hybridized carbons (Fsp3) is 0.667. The highest BCUT2D eigenvalue weighted by molar-refractivity contribution is 5.85. The number of unbranched alkanes of at least 4 members (excludes halogenated alkanes) is 3. The van der Waals surface area contributed by atoms with Crippen molar-refractivity contribution in [2.45, 2.75) is 77.2 Å². The maximum Gasteiger partial charge on any atom is 0.366 e. The van der Waals surface area contributed by atoms with Crippen LogP contribution in [0.4, 0.5) is 4.39 Å². The highest BCUT2D eigenvalue weighted by atomic mass is 19.1. The molecule has 0 heterocycles. The van der Waals surface area contributed by atoms with Gasteiger partial charge < -0.3 is 15.4 Å². The fourth-order valence-corrected chi connectivity index (χ4v) is 3.15. The standard InChI is InChI=1S/C21H35FN2O2/c1-4-13-19(24-21(5-2)15-10-8-11-16-21)23-17-12-7-6-9-14-18(22)20(25)26-3/h8,10,13-14,23-24H,4-7,9,11-12,15-17H2,1-3H3/b18-14-,19-13-. The molecule has 0 saturated carbocycles. The number of allylic oxidation sites excluding steroid dienone is 3.